The zero-order valence-corrected chi connectivity index (χ0v) is 20.6. The van der Waals surface area contributed by atoms with E-state index in [4.69, 9.17) is 32.5 Å². The van der Waals surface area contributed by atoms with Crippen LogP contribution in [-0.2, 0) is 4.74 Å². The summed E-state index contributed by atoms with van der Waals surface area (Å²) in [6.45, 7) is 6.66. The lowest BCUT2D eigenvalue weighted by atomic mass is 9.54. The summed E-state index contributed by atoms with van der Waals surface area (Å²) in [5.74, 6) is 1.09. The molecule has 2 aromatic rings. The molecule has 3 heterocycles. The molecule has 9 heteroatoms. The fourth-order valence-corrected chi connectivity index (χ4v) is 5.94. The Morgan fingerprint density at radius 3 is 2.48 bits per heavy atom. The number of halogens is 2. The van der Waals surface area contributed by atoms with Crippen LogP contribution in [0.2, 0.25) is 10.0 Å². The van der Waals surface area contributed by atoms with E-state index in [1.165, 1.54) is 0 Å². The lowest BCUT2D eigenvalue weighted by Crippen LogP contribution is -2.55. The number of aliphatic hydroxyl groups is 1. The van der Waals surface area contributed by atoms with E-state index in [0.717, 1.165) is 30.6 Å². The highest BCUT2D eigenvalue weighted by Gasteiger charge is 2.55. The third-order valence-electron chi connectivity index (χ3n) is 7.10. The van der Waals surface area contributed by atoms with Gasteiger partial charge in [0.15, 0.2) is 0 Å². The van der Waals surface area contributed by atoms with Crippen molar-refractivity contribution in [3.05, 3.63) is 33.8 Å². The molecule has 1 unspecified atom stereocenters. The fraction of sp³-hybridized carbons (Fsp3) is 0.625. The molecule has 1 N–H and O–H groups in total. The standard InChI is InChI=1S/C24H29Cl2N3O4/c1-23(2,3)32-22(31)29-7-6-24(8-14(30)9-24)15(12-29)18-20(28-33-21(18)13-4-5-13)19-16(25)10-27-11-17(19)26/h10-11,13-15,30H,4-9,12H2,1-3H3. The molecule has 2 saturated carbocycles. The lowest BCUT2D eigenvalue weighted by Gasteiger charge is -2.55. The van der Waals surface area contributed by atoms with Crippen molar-refractivity contribution >= 4 is 29.3 Å². The quantitative estimate of drug-likeness (QED) is 0.582. The molecule has 0 aromatic carbocycles. The second-order valence-electron chi connectivity index (χ2n) is 10.7. The molecule has 1 atom stereocenters. The molecule has 0 bridgehead atoms. The Kier molecular flexibility index (Phi) is 5.66. The minimum atomic E-state index is -0.575. The highest BCUT2D eigenvalue weighted by Crippen LogP contribution is 2.60. The second kappa shape index (κ2) is 8.14. The summed E-state index contributed by atoms with van der Waals surface area (Å²) < 4.78 is 11.6. The Labute approximate surface area is 203 Å². The number of hydrogen-bond acceptors (Lipinski definition) is 6. The maximum atomic E-state index is 13.0. The van der Waals surface area contributed by atoms with E-state index in [-0.39, 0.29) is 23.5 Å². The van der Waals surface area contributed by atoms with E-state index in [2.05, 4.69) is 10.1 Å². The van der Waals surface area contributed by atoms with Gasteiger partial charge >= 0.3 is 6.09 Å². The zero-order valence-electron chi connectivity index (χ0n) is 19.1. The Balaban J connectivity index is 1.59. The van der Waals surface area contributed by atoms with Crippen LogP contribution in [0.4, 0.5) is 4.79 Å². The van der Waals surface area contributed by atoms with Crippen LogP contribution in [-0.4, -0.2) is 51.0 Å². The molecule has 1 saturated heterocycles. The molecule has 2 aliphatic carbocycles. The summed E-state index contributed by atoms with van der Waals surface area (Å²) in [5, 5.41) is 15.5. The smallest absolute Gasteiger partial charge is 0.410 e. The van der Waals surface area contributed by atoms with E-state index in [0.29, 0.717) is 53.2 Å². The predicted octanol–water partition coefficient (Wildman–Crippen LogP) is 5.79. The number of ether oxygens (including phenoxy) is 1. The van der Waals surface area contributed by atoms with Crippen molar-refractivity contribution in [2.45, 2.75) is 76.4 Å². The molecule has 33 heavy (non-hydrogen) atoms. The number of carbonyl (C=O) groups excluding carboxylic acids is 1. The van der Waals surface area contributed by atoms with E-state index in [1.54, 1.807) is 17.3 Å². The van der Waals surface area contributed by atoms with Crippen molar-refractivity contribution in [2.75, 3.05) is 13.1 Å². The Morgan fingerprint density at radius 1 is 1.24 bits per heavy atom. The molecule has 3 fully saturated rings. The van der Waals surface area contributed by atoms with Crippen molar-refractivity contribution in [3.8, 4) is 11.3 Å². The summed E-state index contributed by atoms with van der Waals surface area (Å²) in [5.41, 5.74) is 1.48. The van der Waals surface area contributed by atoms with Gasteiger partial charge in [-0.15, -0.1) is 0 Å². The summed E-state index contributed by atoms with van der Waals surface area (Å²) in [6.07, 6.45) is 6.67. The van der Waals surface area contributed by atoms with Crippen LogP contribution in [0.25, 0.3) is 11.3 Å². The highest BCUT2D eigenvalue weighted by atomic mass is 35.5. The first-order valence-electron chi connectivity index (χ1n) is 11.5. The van der Waals surface area contributed by atoms with Gasteiger partial charge in [-0.25, -0.2) is 4.79 Å². The molecule has 2 aromatic heterocycles. The van der Waals surface area contributed by atoms with Crippen LogP contribution in [0.15, 0.2) is 16.9 Å². The van der Waals surface area contributed by atoms with Gasteiger partial charge in [-0.05, 0) is 58.3 Å². The normalized spacial score (nSPS) is 27.5. The van der Waals surface area contributed by atoms with Gasteiger partial charge in [-0.3, -0.25) is 4.98 Å². The molecular weight excluding hydrogens is 465 g/mol. The minimum Gasteiger partial charge on any atom is -0.444 e. The van der Waals surface area contributed by atoms with E-state index >= 15 is 0 Å². The molecule has 1 spiro atoms. The van der Waals surface area contributed by atoms with Crippen LogP contribution in [0.1, 0.15) is 76.0 Å². The van der Waals surface area contributed by atoms with Crippen LogP contribution in [0.3, 0.4) is 0 Å². The van der Waals surface area contributed by atoms with Gasteiger partial charge in [0.1, 0.15) is 17.1 Å². The van der Waals surface area contributed by atoms with Crippen molar-refractivity contribution in [1.82, 2.24) is 15.0 Å². The molecule has 1 amide bonds. The van der Waals surface area contributed by atoms with Gasteiger partial charge < -0.3 is 19.3 Å². The number of aromatic nitrogens is 2. The lowest BCUT2D eigenvalue weighted by molar-refractivity contribution is -0.0841. The molecule has 3 aliphatic rings. The van der Waals surface area contributed by atoms with Gasteiger partial charge in [-0.2, -0.15) is 0 Å². The van der Waals surface area contributed by atoms with Gasteiger partial charge in [-0.1, -0.05) is 28.4 Å². The fourth-order valence-electron chi connectivity index (χ4n) is 5.40. The monoisotopic (exact) mass is 493 g/mol. The summed E-state index contributed by atoms with van der Waals surface area (Å²) >= 11 is 13.0. The van der Waals surface area contributed by atoms with E-state index < -0.39 is 5.60 Å². The largest absolute Gasteiger partial charge is 0.444 e. The SMILES string of the molecule is CC(C)(C)OC(=O)N1CCC2(CC(O)C2)C(c2c(-c3c(Cl)cncc3Cl)noc2C2CC2)C1. The van der Waals surface area contributed by atoms with E-state index in [1.807, 2.05) is 20.8 Å². The molecule has 178 valence electrons. The Bertz CT molecular complexity index is 1050. The van der Waals surface area contributed by atoms with Crippen LogP contribution < -0.4 is 0 Å². The van der Waals surface area contributed by atoms with Gasteiger partial charge in [0.05, 0.1) is 16.1 Å². The number of pyridine rings is 1. The third-order valence-corrected chi connectivity index (χ3v) is 7.67. The number of likely N-dealkylation sites (tertiary alicyclic amines) is 1. The molecule has 5 rings (SSSR count). The number of amides is 1. The van der Waals surface area contributed by atoms with Gasteiger partial charge in [0.25, 0.3) is 0 Å². The topological polar surface area (TPSA) is 88.7 Å². The molecule has 0 radical (unpaired) electrons. The van der Waals surface area contributed by atoms with Crippen LogP contribution in [0, 0.1) is 5.41 Å². The number of nitrogens with zero attached hydrogens (tertiary/aromatic N) is 3. The Hall–Kier alpha value is -1.83. The average molecular weight is 494 g/mol. The number of hydrogen-bond donors (Lipinski definition) is 1. The average Bonchev–Trinajstić information content (AvgIpc) is 3.46. The van der Waals surface area contributed by atoms with Crippen molar-refractivity contribution in [3.63, 3.8) is 0 Å². The second-order valence-corrected chi connectivity index (χ2v) is 11.5. The van der Waals surface area contributed by atoms with Gasteiger partial charge in [0, 0.05) is 48.4 Å². The molecular formula is C24H29Cl2N3O4. The van der Waals surface area contributed by atoms with Crippen LogP contribution in [0.5, 0.6) is 0 Å². The molecule has 7 nitrogen and oxygen atoms in total. The summed E-state index contributed by atoms with van der Waals surface area (Å²) in [7, 11) is 0. The van der Waals surface area contributed by atoms with Gasteiger partial charge in [0.2, 0.25) is 0 Å². The van der Waals surface area contributed by atoms with Crippen molar-refractivity contribution < 1.29 is 19.2 Å². The first-order chi connectivity index (χ1) is 15.6. The van der Waals surface area contributed by atoms with Crippen molar-refractivity contribution in [2.24, 2.45) is 5.41 Å². The molecule has 1 aliphatic heterocycles. The Morgan fingerprint density at radius 2 is 1.91 bits per heavy atom. The first-order valence-corrected chi connectivity index (χ1v) is 12.3. The highest BCUT2D eigenvalue weighted by molar-refractivity contribution is 6.38. The third kappa shape index (κ3) is 4.24. The maximum Gasteiger partial charge on any atom is 0.410 e. The number of rotatable bonds is 3. The first kappa shape index (κ1) is 22.9. The predicted molar refractivity (Wildman–Crippen MR) is 125 cm³/mol. The summed E-state index contributed by atoms with van der Waals surface area (Å²) in [4.78, 5) is 18.8. The summed E-state index contributed by atoms with van der Waals surface area (Å²) in [6, 6.07) is 0. The number of carbonyl (C=O) groups is 1. The zero-order chi connectivity index (χ0) is 23.5. The maximum absolute atomic E-state index is 13.0. The van der Waals surface area contributed by atoms with Crippen molar-refractivity contribution in [1.29, 1.82) is 0 Å². The van der Waals surface area contributed by atoms with Crippen LogP contribution >= 0.6 is 23.2 Å². The number of aliphatic hydroxyl groups excluding tert-OH is 1. The number of piperidine rings is 1. The minimum absolute atomic E-state index is 0.0701. The van der Waals surface area contributed by atoms with E-state index in [9.17, 15) is 9.90 Å².